The molecule has 1 fully saturated rings. The number of methoxy groups -OCH3 is 2. The van der Waals surface area contributed by atoms with Gasteiger partial charge in [0.1, 0.15) is 5.82 Å². The van der Waals surface area contributed by atoms with Crippen molar-refractivity contribution >= 4 is 15.9 Å². The van der Waals surface area contributed by atoms with Crippen LogP contribution in [0.5, 0.6) is 11.5 Å². The van der Waals surface area contributed by atoms with Gasteiger partial charge in [0.15, 0.2) is 11.5 Å². The van der Waals surface area contributed by atoms with Gasteiger partial charge in [0.25, 0.3) is 0 Å². The Labute approximate surface area is 101 Å². The van der Waals surface area contributed by atoms with Gasteiger partial charge < -0.3 is 14.6 Å². The van der Waals surface area contributed by atoms with Crippen molar-refractivity contribution in [3.05, 3.63) is 21.9 Å². The zero-order valence-electron chi connectivity index (χ0n) is 9.01. The van der Waals surface area contributed by atoms with Gasteiger partial charge in [0, 0.05) is 11.6 Å². The summed E-state index contributed by atoms with van der Waals surface area (Å²) in [5.74, 6) is 0.226. The van der Waals surface area contributed by atoms with Crippen LogP contribution < -0.4 is 9.47 Å². The summed E-state index contributed by atoms with van der Waals surface area (Å²) in [6.45, 7) is 0. The van der Waals surface area contributed by atoms with Gasteiger partial charge >= 0.3 is 0 Å². The van der Waals surface area contributed by atoms with Crippen LogP contribution in [0.4, 0.5) is 4.39 Å². The molecule has 1 saturated carbocycles. The maximum Gasteiger partial charge on any atom is 0.175 e. The van der Waals surface area contributed by atoms with Crippen LogP contribution in [0.3, 0.4) is 0 Å². The molecule has 0 unspecified atom stereocenters. The minimum atomic E-state index is -1.05. The number of benzene rings is 1. The first-order valence-corrected chi connectivity index (χ1v) is 5.65. The maximum absolute atomic E-state index is 13.8. The quantitative estimate of drug-likeness (QED) is 0.930. The van der Waals surface area contributed by atoms with Crippen LogP contribution in [0, 0.1) is 5.82 Å². The smallest absolute Gasteiger partial charge is 0.175 e. The van der Waals surface area contributed by atoms with Gasteiger partial charge in [-0.25, -0.2) is 4.39 Å². The molecule has 0 radical (unpaired) electrons. The van der Waals surface area contributed by atoms with Crippen molar-refractivity contribution in [3.63, 3.8) is 0 Å². The molecule has 1 aliphatic carbocycles. The number of hydrogen-bond acceptors (Lipinski definition) is 3. The summed E-state index contributed by atoms with van der Waals surface area (Å²) in [4.78, 5) is 0. The number of aliphatic hydroxyl groups is 1. The molecule has 1 aromatic carbocycles. The summed E-state index contributed by atoms with van der Waals surface area (Å²) in [7, 11) is 2.91. The summed E-state index contributed by atoms with van der Waals surface area (Å²) >= 11 is 3.25. The van der Waals surface area contributed by atoms with Gasteiger partial charge in [0.05, 0.1) is 24.3 Å². The second kappa shape index (κ2) is 3.89. The molecule has 0 saturated heterocycles. The Hall–Kier alpha value is -0.810. The van der Waals surface area contributed by atoms with E-state index in [4.69, 9.17) is 9.47 Å². The highest BCUT2D eigenvalue weighted by molar-refractivity contribution is 9.10. The van der Waals surface area contributed by atoms with Crippen LogP contribution in [0.15, 0.2) is 10.5 Å². The predicted octanol–water partition coefficient (Wildman–Crippen LogP) is 2.59. The molecule has 0 aromatic heterocycles. The average molecular weight is 291 g/mol. The van der Waals surface area contributed by atoms with E-state index in [1.807, 2.05) is 0 Å². The fourth-order valence-corrected chi connectivity index (χ4v) is 2.63. The molecule has 3 nitrogen and oxygen atoms in total. The van der Waals surface area contributed by atoms with Crippen molar-refractivity contribution in [2.24, 2.45) is 0 Å². The molecule has 0 aliphatic heterocycles. The third kappa shape index (κ3) is 1.68. The molecule has 1 aliphatic rings. The summed E-state index contributed by atoms with van der Waals surface area (Å²) in [6, 6.07) is 1.23. The van der Waals surface area contributed by atoms with Gasteiger partial charge in [-0.3, -0.25) is 0 Å². The highest BCUT2D eigenvalue weighted by Crippen LogP contribution is 2.52. The van der Waals surface area contributed by atoms with Crippen LogP contribution in [-0.2, 0) is 5.60 Å². The topological polar surface area (TPSA) is 38.7 Å². The Morgan fingerprint density at radius 2 is 2.00 bits per heavy atom. The summed E-state index contributed by atoms with van der Waals surface area (Å²) in [5.41, 5.74) is -0.798. The SMILES string of the molecule is COc1cc(F)c(C2(O)CC2)c(Br)c1OC. The van der Waals surface area contributed by atoms with Gasteiger partial charge in [-0.2, -0.15) is 0 Å². The number of halogens is 2. The zero-order valence-corrected chi connectivity index (χ0v) is 10.6. The zero-order chi connectivity index (χ0) is 11.9. The van der Waals surface area contributed by atoms with Crippen molar-refractivity contribution in [3.8, 4) is 11.5 Å². The molecular formula is C11H12BrFO3. The fraction of sp³-hybridized carbons (Fsp3) is 0.455. The van der Waals surface area contributed by atoms with E-state index in [1.165, 1.54) is 20.3 Å². The predicted molar refractivity (Wildman–Crippen MR) is 60.3 cm³/mol. The average Bonchev–Trinajstić information content (AvgIpc) is 2.96. The minimum absolute atomic E-state index is 0.255. The van der Waals surface area contributed by atoms with E-state index in [2.05, 4.69) is 15.9 Å². The summed E-state index contributed by atoms with van der Waals surface area (Å²) in [5, 5.41) is 9.98. The molecule has 88 valence electrons. The molecule has 1 N–H and O–H groups in total. The van der Waals surface area contributed by atoms with Gasteiger partial charge in [-0.15, -0.1) is 0 Å². The van der Waals surface area contributed by atoms with E-state index in [0.29, 0.717) is 28.8 Å². The Kier molecular flexibility index (Phi) is 2.84. The minimum Gasteiger partial charge on any atom is -0.493 e. The van der Waals surface area contributed by atoms with Gasteiger partial charge in [0.2, 0.25) is 0 Å². The lowest BCUT2D eigenvalue weighted by Gasteiger charge is -2.17. The number of hydrogen-bond donors (Lipinski definition) is 1. The van der Waals surface area contributed by atoms with E-state index < -0.39 is 11.4 Å². The highest BCUT2D eigenvalue weighted by atomic mass is 79.9. The normalized spacial score (nSPS) is 17.1. The number of ether oxygens (including phenoxy) is 2. The molecule has 0 amide bonds. The second-order valence-corrected chi connectivity index (χ2v) is 4.61. The van der Waals surface area contributed by atoms with E-state index in [-0.39, 0.29) is 5.56 Å². The van der Waals surface area contributed by atoms with E-state index in [9.17, 15) is 9.50 Å². The van der Waals surface area contributed by atoms with Gasteiger partial charge in [-0.05, 0) is 28.8 Å². The molecule has 2 rings (SSSR count). The standard InChI is InChI=1S/C11H12BrFO3/c1-15-7-5-6(13)8(11(14)3-4-11)9(12)10(7)16-2/h5,14H,3-4H2,1-2H3. The van der Waals surface area contributed by atoms with Crippen molar-refractivity contribution in [1.29, 1.82) is 0 Å². The van der Waals surface area contributed by atoms with Crippen LogP contribution >= 0.6 is 15.9 Å². The first kappa shape index (κ1) is 11.7. The van der Waals surface area contributed by atoms with Crippen LogP contribution in [0.1, 0.15) is 18.4 Å². The highest BCUT2D eigenvalue weighted by Gasteiger charge is 2.46. The van der Waals surface area contributed by atoms with Crippen molar-refractivity contribution in [2.75, 3.05) is 14.2 Å². The molecule has 0 atom stereocenters. The largest absolute Gasteiger partial charge is 0.493 e. The molecule has 5 heteroatoms. The Balaban J connectivity index is 2.62. The number of rotatable bonds is 3. The Bertz CT molecular complexity index is 430. The molecule has 0 bridgehead atoms. The monoisotopic (exact) mass is 290 g/mol. The lowest BCUT2D eigenvalue weighted by atomic mass is 10.1. The van der Waals surface area contributed by atoms with E-state index in [1.54, 1.807) is 0 Å². The van der Waals surface area contributed by atoms with Gasteiger partial charge in [-0.1, -0.05) is 0 Å². The molecule has 0 spiro atoms. The van der Waals surface area contributed by atoms with E-state index >= 15 is 0 Å². The van der Waals surface area contributed by atoms with Crippen LogP contribution in [-0.4, -0.2) is 19.3 Å². The first-order valence-electron chi connectivity index (χ1n) is 4.86. The molecule has 1 aromatic rings. The van der Waals surface area contributed by atoms with E-state index in [0.717, 1.165) is 0 Å². The second-order valence-electron chi connectivity index (χ2n) is 3.81. The van der Waals surface area contributed by atoms with Crippen LogP contribution in [0.25, 0.3) is 0 Å². The van der Waals surface area contributed by atoms with Crippen LogP contribution in [0.2, 0.25) is 0 Å². The van der Waals surface area contributed by atoms with Crippen molar-refractivity contribution in [2.45, 2.75) is 18.4 Å². The first-order chi connectivity index (χ1) is 7.53. The van der Waals surface area contributed by atoms with Crippen molar-refractivity contribution in [1.82, 2.24) is 0 Å². The molecule has 16 heavy (non-hydrogen) atoms. The molecular weight excluding hydrogens is 279 g/mol. The Morgan fingerprint density at radius 1 is 1.38 bits per heavy atom. The summed E-state index contributed by atoms with van der Waals surface area (Å²) < 4.78 is 24.4. The lowest BCUT2D eigenvalue weighted by molar-refractivity contribution is 0.145. The lowest BCUT2D eigenvalue weighted by Crippen LogP contribution is -2.10. The third-order valence-corrected chi connectivity index (χ3v) is 3.51. The summed E-state index contributed by atoms with van der Waals surface area (Å²) in [6.07, 6.45) is 1.13. The maximum atomic E-state index is 13.8. The third-order valence-electron chi connectivity index (χ3n) is 2.75. The molecule has 0 heterocycles. The fourth-order valence-electron chi connectivity index (χ4n) is 1.72. The van der Waals surface area contributed by atoms with Crippen molar-refractivity contribution < 1.29 is 19.0 Å². The Morgan fingerprint density at radius 3 is 2.44 bits per heavy atom.